The maximum Gasteiger partial charge on any atom is 0.343 e. The van der Waals surface area contributed by atoms with Crippen molar-refractivity contribution in [2.45, 2.75) is 20.0 Å². The van der Waals surface area contributed by atoms with E-state index in [0.717, 1.165) is 11.3 Å². The Morgan fingerprint density at radius 2 is 1.86 bits per heavy atom. The van der Waals surface area contributed by atoms with Crippen molar-refractivity contribution in [3.63, 3.8) is 0 Å². The Labute approximate surface area is 128 Å². The van der Waals surface area contributed by atoms with E-state index in [1.165, 1.54) is 6.92 Å². The first-order chi connectivity index (χ1) is 10.5. The third-order valence-electron chi connectivity index (χ3n) is 2.40. The van der Waals surface area contributed by atoms with Crippen molar-refractivity contribution in [3.8, 4) is 0 Å². The molecule has 0 radical (unpaired) electrons. The van der Waals surface area contributed by atoms with E-state index in [2.05, 4.69) is 16.7 Å². The molecule has 0 aliphatic carbocycles. The van der Waals surface area contributed by atoms with Crippen molar-refractivity contribution in [1.82, 2.24) is 5.48 Å². The number of rotatable bonds is 7. The molecule has 0 spiro atoms. The Morgan fingerprint density at radius 1 is 1.18 bits per heavy atom. The summed E-state index contributed by atoms with van der Waals surface area (Å²) in [5, 5.41) is 3.11. The number of carbonyl (C=O) groups excluding carboxylic acids is 3. The molecule has 0 aliphatic heterocycles. The number of carbonyl (C=O) groups is 3. The van der Waals surface area contributed by atoms with Crippen molar-refractivity contribution in [1.29, 1.82) is 0 Å². The van der Waals surface area contributed by atoms with Crippen LogP contribution in [0.4, 0.5) is 5.69 Å². The molecule has 0 saturated heterocycles. The third kappa shape index (κ3) is 7.09. The fourth-order valence-electron chi connectivity index (χ4n) is 1.41. The van der Waals surface area contributed by atoms with Crippen LogP contribution in [0.1, 0.15) is 18.9 Å². The van der Waals surface area contributed by atoms with Gasteiger partial charge in [-0.05, 0) is 17.7 Å². The van der Waals surface area contributed by atoms with E-state index in [-0.39, 0.29) is 6.61 Å². The van der Waals surface area contributed by atoms with Crippen LogP contribution in [0.2, 0.25) is 0 Å². The fourth-order valence-corrected chi connectivity index (χ4v) is 1.41. The number of hydrogen-bond donors (Lipinski definition) is 2. The molecule has 2 N–H and O–H groups in total. The summed E-state index contributed by atoms with van der Waals surface area (Å²) in [7, 11) is 0. The van der Waals surface area contributed by atoms with Crippen LogP contribution < -0.4 is 10.8 Å². The lowest BCUT2D eigenvalue weighted by molar-refractivity contribution is -0.163. The Hall–Kier alpha value is -2.83. The van der Waals surface area contributed by atoms with Crippen LogP contribution in [-0.2, 0) is 30.6 Å². The van der Waals surface area contributed by atoms with Crippen molar-refractivity contribution in [2.75, 3.05) is 11.9 Å². The lowest BCUT2D eigenvalue weighted by Gasteiger charge is -2.07. The van der Waals surface area contributed by atoms with Crippen LogP contribution in [0.5, 0.6) is 0 Å². The zero-order chi connectivity index (χ0) is 16.4. The van der Waals surface area contributed by atoms with Gasteiger partial charge in [0.05, 0.1) is 0 Å². The van der Waals surface area contributed by atoms with Crippen LogP contribution in [-0.4, -0.2) is 24.4 Å². The highest BCUT2D eigenvalue weighted by Crippen LogP contribution is 2.10. The van der Waals surface area contributed by atoms with Gasteiger partial charge >= 0.3 is 11.9 Å². The minimum absolute atomic E-state index is 0.0496. The average molecular weight is 306 g/mol. The second-order valence-corrected chi connectivity index (χ2v) is 4.34. The first-order valence-corrected chi connectivity index (χ1v) is 6.57. The molecule has 0 saturated carbocycles. The van der Waals surface area contributed by atoms with E-state index in [1.54, 1.807) is 18.2 Å². The Morgan fingerprint density at radius 3 is 2.45 bits per heavy atom. The number of esters is 1. The zero-order valence-corrected chi connectivity index (χ0v) is 12.3. The number of ether oxygens (including phenoxy) is 1. The van der Waals surface area contributed by atoms with Gasteiger partial charge < -0.3 is 14.9 Å². The number of hydroxylamine groups is 1. The molecule has 7 heteroatoms. The van der Waals surface area contributed by atoms with Crippen LogP contribution in [0, 0.1) is 0 Å². The van der Waals surface area contributed by atoms with Gasteiger partial charge in [-0.1, -0.05) is 18.2 Å². The van der Waals surface area contributed by atoms with Crippen LogP contribution in [0.25, 0.3) is 0 Å². The summed E-state index contributed by atoms with van der Waals surface area (Å²) in [5.41, 5.74) is 3.55. The number of anilines is 1. The largest absolute Gasteiger partial charge is 0.460 e. The second-order valence-electron chi connectivity index (χ2n) is 4.34. The Bertz CT molecular complexity index is 539. The topological polar surface area (TPSA) is 93.7 Å². The smallest absolute Gasteiger partial charge is 0.343 e. The summed E-state index contributed by atoms with van der Waals surface area (Å²) < 4.78 is 4.94. The van der Waals surface area contributed by atoms with Gasteiger partial charge in [-0.15, -0.1) is 6.58 Å². The summed E-state index contributed by atoms with van der Waals surface area (Å²) >= 11 is 0. The fraction of sp³-hybridized carbons (Fsp3) is 0.267. The van der Waals surface area contributed by atoms with Crippen molar-refractivity contribution in [3.05, 3.63) is 42.5 Å². The summed E-state index contributed by atoms with van der Waals surface area (Å²) in [6.45, 7) is 5.49. The van der Waals surface area contributed by atoms with E-state index in [9.17, 15) is 14.4 Å². The predicted octanol–water partition coefficient (Wildman–Crippen LogP) is 1.31. The monoisotopic (exact) mass is 306 g/mol. The molecule has 118 valence electrons. The highest BCUT2D eigenvalue weighted by atomic mass is 16.7. The van der Waals surface area contributed by atoms with E-state index >= 15 is 0 Å². The lowest BCUT2D eigenvalue weighted by atomic mass is 10.2. The van der Waals surface area contributed by atoms with Gasteiger partial charge in [-0.25, -0.2) is 4.79 Å². The average Bonchev–Trinajstić information content (AvgIpc) is 2.50. The maximum absolute atomic E-state index is 11.4. The van der Waals surface area contributed by atoms with E-state index < -0.39 is 24.3 Å². The molecule has 0 heterocycles. The normalized spacial score (nSPS) is 9.50. The van der Waals surface area contributed by atoms with Crippen molar-refractivity contribution >= 4 is 23.5 Å². The number of nitrogens with one attached hydrogen (secondary N) is 2. The molecule has 0 unspecified atom stereocenters. The van der Waals surface area contributed by atoms with Crippen molar-refractivity contribution < 1.29 is 24.0 Å². The molecular formula is C15H18N2O5. The van der Waals surface area contributed by atoms with E-state index in [1.807, 2.05) is 17.6 Å². The molecule has 1 aromatic rings. The molecule has 1 rings (SSSR count). The minimum atomic E-state index is -0.885. The molecular weight excluding hydrogens is 288 g/mol. The van der Waals surface area contributed by atoms with Crippen LogP contribution >= 0.6 is 0 Å². The van der Waals surface area contributed by atoms with Gasteiger partial charge in [0, 0.05) is 19.2 Å². The molecule has 22 heavy (non-hydrogen) atoms. The molecule has 0 bridgehead atoms. The van der Waals surface area contributed by atoms with E-state index in [0.29, 0.717) is 6.54 Å². The van der Waals surface area contributed by atoms with Gasteiger partial charge in [0.1, 0.15) is 13.0 Å². The molecule has 7 nitrogen and oxygen atoms in total. The number of benzene rings is 1. The standard InChI is InChI=1S/C15H18N2O5/c1-3-8-16-13-6-4-12(5-7-13)10-21-14(19)9-15(20)22-17-11(2)18/h3-7,16H,1,8-10H2,2H3,(H,17,18). The zero-order valence-electron chi connectivity index (χ0n) is 12.3. The van der Waals surface area contributed by atoms with Gasteiger partial charge in [0.25, 0.3) is 0 Å². The van der Waals surface area contributed by atoms with Crippen LogP contribution in [0.3, 0.4) is 0 Å². The van der Waals surface area contributed by atoms with Gasteiger partial charge in [-0.2, -0.15) is 5.48 Å². The molecule has 0 fully saturated rings. The highest BCUT2D eigenvalue weighted by Gasteiger charge is 2.13. The van der Waals surface area contributed by atoms with Crippen molar-refractivity contribution in [2.24, 2.45) is 0 Å². The van der Waals surface area contributed by atoms with Gasteiger partial charge in [0.2, 0.25) is 5.91 Å². The third-order valence-corrected chi connectivity index (χ3v) is 2.40. The molecule has 0 aliphatic rings. The highest BCUT2D eigenvalue weighted by molar-refractivity contribution is 5.91. The molecule has 1 amide bonds. The molecule has 0 aromatic heterocycles. The SMILES string of the molecule is C=CCNc1ccc(COC(=O)CC(=O)ONC(C)=O)cc1. The molecule has 1 aromatic carbocycles. The number of amides is 1. The summed E-state index contributed by atoms with van der Waals surface area (Å²) in [6.07, 6.45) is 1.18. The summed E-state index contributed by atoms with van der Waals surface area (Å²) in [6, 6.07) is 7.29. The first-order valence-electron chi connectivity index (χ1n) is 6.57. The van der Waals surface area contributed by atoms with Crippen LogP contribution in [0.15, 0.2) is 36.9 Å². The van der Waals surface area contributed by atoms with E-state index in [4.69, 9.17) is 4.74 Å². The lowest BCUT2D eigenvalue weighted by Crippen LogP contribution is -2.26. The Balaban J connectivity index is 2.32. The number of hydrogen-bond acceptors (Lipinski definition) is 6. The quantitative estimate of drug-likeness (QED) is 0.341. The van der Waals surface area contributed by atoms with Gasteiger partial charge in [0.15, 0.2) is 0 Å². The second kappa shape index (κ2) is 9.17. The molecule has 0 atom stereocenters. The first kappa shape index (κ1) is 17.2. The Kier molecular flexibility index (Phi) is 7.18. The maximum atomic E-state index is 11.4. The minimum Gasteiger partial charge on any atom is -0.460 e. The predicted molar refractivity (Wildman–Crippen MR) is 79.5 cm³/mol. The van der Waals surface area contributed by atoms with Gasteiger partial charge in [-0.3, -0.25) is 9.59 Å². The summed E-state index contributed by atoms with van der Waals surface area (Å²) in [5.74, 6) is -2.15. The summed E-state index contributed by atoms with van der Waals surface area (Å²) in [4.78, 5) is 37.4.